The van der Waals surface area contributed by atoms with E-state index < -0.39 is 0 Å². The maximum absolute atomic E-state index is 11.8. The summed E-state index contributed by atoms with van der Waals surface area (Å²) in [4.78, 5) is 15.8. The highest BCUT2D eigenvalue weighted by Crippen LogP contribution is 2.13. The third-order valence-corrected chi connectivity index (χ3v) is 3.30. The molecule has 0 unspecified atom stereocenters. The molecule has 2 heterocycles. The number of nitrogens with one attached hydrogen (secondary N) is 2. The molecule has 0 spiro atoms. The number of hydrogen-bond donors (Lipinski definition) is 2. The Morgan fingerprint density at radius 1 is 1.50 bits per heavy atom. The normalized spacial score (nSPS) is 10.3. The molecule has 20 heavy (non-hydrogen) atoms. The van der Waals surface area contributed by atoms with Gasteiger partial charge in [0.15, 0.2) is 0 Å². The molecule has 0 saturated carbocycles. The fraction of sp³-hybridized carbons (Fsp3) is 0.308. The van der Waals surface area contributed by atoms with Crippen molar-refractivity contribution in [2.24, 2.45) is 7.05 Å². The Balaban J connectivity index is 1.81. The average molecular weight is 338 g/mol. The van der Waals surface area contributed by atoms with Crippen LogP contribution in [-0.4, -0.2) is 27.3 Å². The summed E-state index contributed by atoms with van der Waals surface area (Å²) in [6.07, 6.45) is 4.36. The number of aromatic nitrogens is 3. The van der Waals surface area contributed by atoms with Gasteiger partial charge in [-0.05, 0) is 46.5 Å². The molecule has 0 radical (unpaired) electrons. The Morgan fingerprint density at radius 2 is 2.30 bits per heavy atom. The zero-order valence-corrected chi connectivity index (χ0v) is 12.9. The van der Waals surface area contributed by atoms with Gasteiger partial charge in [-0.15, -0.1) is 0 Å². The molecule has 2 rings (SSSR count). The van der Waals surface area contributed by atoms with Gasteiger partial charge in [-0.1, -0.05) is 0 Å². The van der Waals surface area contributed by atoms with Gasteiger partial charge in [0, 0.05) is 32.1 Å². The number of carbonyl (C=O) groups excluding carboxylic acids is 1. The van der Waals surface area contributed by atoms with E-state index in [-0.39, 0.29) is 6.03 Å². The molecular formula is C13H16BrN5O. The molecule has 0 bridgehead atoms. The number of anilines is 1. The quantitative estimate of drug-likeness (QED) is 0.898. The molecule has 0 atom stereocenters. The molecule has 2 aromatic heterocycles. The van der Waals surface area contributed by atoms with Crippen LogP contribution in [0.5, 0.6) is 0 Å². The number of carbonyl (C=O) groups is 1. The highest BCUT2D eigenvalue weighted by atomic mass is 79.9. The van der Waals surface area contributed by atoms with Crippen LogP contribution in [0.3, 0.4) is 0 Å². The van der Waals surface area contributed by atoms with Crippen molar-refractivity contribution in [1.82, 2.24) is 20.1 Å². The van der Waals surface area contributed by atoms with Crippen molar-refractivity contribution in [3.8, 4) is 0 Å². The highest BCUT2D eigenvalue weighted by molar-refractivity contribution is 9.10. The number of hydrogen-bond acceptors (Lipinski definition) is 3. The SMILES string of the molecule is Cc1cnccc1CCNC(=O)Nc1cc(Br)nn1C. The molecule has 0 aliphatic heterocycles. The number of aryl methyl sites for hydroxylation is 2. The van der Waals surface area contributed by atoms with Crippen LogP contribution in [0.4, 0.5) is 10.6 Å². The van der Waals surface area contributed by atoms with E-state index in [1.165, 1.54) is 5.56 Å². The van der Waals surface area contributed by atoms with Crippen LogP contribution in [0.25, 0.3) is 0 Å². The smallest absolute Gasteiger partial charge is 0.320 e. The van der Waals surface area contributed by atoms with Crippen LogP contribution in [0.2, 0.25) is 0 Å². The van der Waals surface area contributed by atoms with Crippen LogP contribution in [-0.2, 0) is 13.5 Å². The first-order valence-corrected chi connectivity index (χ1v) is 6.99. The minimum absolute atomic E-state index is 0.243. The monoisotopic (exact) mass is 337 g/mol. The largest absolute Gasteiger partial charge is 0.337 e. The second kappa shape index (κ2) is 6.51. The zero-order chi connectivity index (χ0) is 14.5. The number of amides is 2. The van der Waals surface area contributed by atoms with Crippen LogP contribution in [0.15, 0.2) is 29.1 Å². The fourth-order valence-corrected chi connectivity index (χ4v) is 2.26. The van der Waals surface area contributed by atoms with Gasteiger partial charge >= 0.3 is 6.03 Å². The lowest BCUT2D eigenvalue weighted by Gasteiger charge is -2.08. The molecular weight excluding hydrogens is 322 g/mol. The van der Waals surface area contributed by atoms with Gasteiger partial charge in [-0.25, -0.2) is 4.79 Å². The van der Waals surface area contributed by atoms with E-state index in [1.54, 1.807) is 24.0 Å². The first kappa shape index (κ1) is 14.5. The predicted octanol–water partition coefficient (Wildman–Crippen LogP) is 2.25. The fourth-order valence-electron chi connectivity index (χ4n) is 1.80. The van der Waals surface area contributed by atoms with E-state index in [2.05, 4.69) is 36.6 Å². The summed E-state index contributed by atoms with van der Waals surface area (Å²) in [5, 5.41) is 9.64. The summed E-state index contributed by atoms with van der Waals surface area (Å²) in [6, 6.07) is 3.46. The topological polar surface area (TPSA) is 71.8 Å². The van der Waals surface area contributed by atoms with Gasteiger partial charge in [0.05, 0.1) is 0 Å². The van der Waals surface area contributed by atoms with Crippen LogP contribution in [0, 0.1) is 6.92 Å². The Hall–Kier alpha value is -1.89. The summed E-state index contributed by atoms with van der Waals surface area (Å²) in [7, 11) is 1.76. The maximum Gasteiger partial charge on any atom is 0.320 e. The number of nitrogens with zero attached hydrogens (tertiary/aromatic N) is 3. The van der Waals surface area contributed by atoms with E-state index >= 15 is 0 Å². The number of halogens is 1. The second-order valence-corrected chi connectivity index (χ2v) is 5.22. The molecule has 7 heteroatoms. The standard InChI is InChI=1S/C13H16BrN5O/c1-9-8-15-5-3-10(9)4-6-16-13(20)17-12-7-11(14)18-19(12)2/h3,5,7-8H,4,6H2,1-2H3,(H2,16,17,20). The van der Waals surface area contributed by atoms with Gasteiger partial charge in [-0.2, -0.15) is 5.10 Å². The van der Waals surface area contributed by atoms with Crippen LogP contribution >= 0.6 is 15.9 Å². The number of pyridine rings is 1. The summed E-state index contributed by atoms with van der Waals surface area (Å²) in [6.45, 7) is 2.57. The number of urea groups is 1. The van der Waals surface area contributed by atoms with Crippen LogP contribution < -0.4 is 10.6 Å². The van der Waals surface area contributed by atoms with E-state index in [0.717, 1.165) is 12.0 Å². The molecule has 0 saturated heterocycles. The summed E-state index contributed by atoms with van der Waals surface area (Å²) < 4.78 is 2.28. The van der Waals surface area contributed by atoms with Crippen LogP contribution in [0.1, 0.15) is 11.1 Å². The molecule has 2 aromatic rings. The van der Waals surface area contributed by atoms with Gasteiger partial charge in [0.25, 0.3) is 0 Å². The van der Waals surface area contributed by atoms with Crippen molar-refractivity contribution >= 4 is 27.8 Å². The van der Waals surface area contributed by atoms with Gasteiger partial charge in [0.1, 0.15) is 10.4 Å². The molecule has 106 valence electrons. The lowest BCUT2D eigenvalue weighted by Crippen LogP contribution is -2.31. The molecule has 2 amide bonds. The molecule has 0 fully saturated rings. The van der Waals surface area contributed by atoms with E-state index in [9.17, 15) is 4.79 Å². The van der Waals surface area contributed by atoms with Gasteiger partial charge in [-0.3, -0.25) is 15.0 Å². The van der Waals surface area contributed by atoms with Crippen molar-refractivity contribution in [2.75, 3.05) is 11.9 Å². The van der Waals surface area contributed by atoms with E-state index in [1.807, 2.05) is 19.2 Å². The molecule has 0 aliphatic rings. The Labute approximate surface area is 125 Å². The second-order valence-electron chi connectivity index (χ2n) is 4.41. The Kier molecular flexibility index (Phi) is 4.73. The average Bonchev–Trinajstić information content (AvgIpc) is 2.70. The predicted molar refractivity (Wildman–Crippen MR) is 80.6 cm³/mol. The minimum atomic E-state index is -0.243. The zero-order valence-electron chi connectivity index (χ0n) is 11.4. The minimum Gasteiger partial charge on any atom is -0.337 e. The summed E-state index contributed by atoms with van der Waals surface area (Å²) in [5.41, 5.74) is 2.31. The third kappa shape index (κ3) is 3.80. The lowest BCUT2D eigenvalue weighted by molar-refractivity contribution is 0.252. The van der Waals surface area contributed by atoms with Crippen molar-refractivity contribution in [3.05, 3.63) is 40.3 Å². The molecule has 0 aromatic carbocycles. The van der Waals surface area contributed by atoms with Crippen molar-refractivity contribution < 1.29 is 4.79 Å². The Bertz CT molecular complexity index is 611. The van der Waals surface area contributed by atoms with Crippen molar-refractivity contribution in [3.63, 3.8) is 0 Å². The third-order valence-electron chi connectivity index (χ3n) is 2.91. The first-order chi connectivity index (χ1) is 9.56. The number of rotatable bonds is 4. The Morgan fingerprint density at radius 3 is 2.95 bits per heavy atom. The summed E-state index contributed by atoms with van der Waals surface area (Å²) in [5.74, 6) is 0.634. The van der Waals surface area contributed by atoms with Gasteiger partial charge < -0.3 is 5.32 Å². The maximum atomic E-state index is 11.8. The van der Waals surface area contributed by atoms with E-state index in [0.29, 0.717) is 17.0 Å². The lowest BCUT2D eigenvalue weighted by atomic mass is 10.1. The molecule has 2 N–H and O–H groups in total. The molecule has 6 nitrogen and oxygen atoms in total. The van der Waals surface area contributed by atoms with Gasteiger partial charge in [0.2, 0.25) is 0 Å². The first-order valence-electron chi connectivity index (χ1n) is 6.20. The van der Waals surface area contributed by atoms with Crippen molar-refractivity contribution in [2.45, 2.75) is 13.3 Å². The highest BCUT2D eigenvalue weighted by Gasteiger charge is 2.07. The van der Waals surface area contributed by atoms with E-state index in [4.69, 9.17) is 0 Å². The molecule has 0 aliphatic carbocycles. The summed E-state index contributed by atoms with van der Waals surface area (Å²) >= 11 is 3.25. The van der Waals surface area contributed by atoms with Crippen molar-refractivity contribution in [1.29, 1.82) is 0 Å².